The number of sulfone groups is 1. The van der Waals surface area contributed by atoms with Gasteiger partial charge in [0.2, 0.25) is 0 Å². The molecule has 0 aromatic heterocycles. The molecular formula is C16H27NO3S. The maximum atomic E-state index is 11.5. The van der Waals surface area contributed by atoms with Gasteiger partial charge in [0.1, 0.15) is 15.6 Å². The summed E-state index contributed by atoms with van der Waals surface area (Å²) >= 11 is 0. The summed E-state index contributed by atoms with van der Waals surface area (Å²) in [4.78, 5) is 0. The number of ether oxygens (including phenoxy) is 1. The Hall–Kier alpha value is -1.07. The Balaban J connectivity index is 2.52. The van der Waals surface area contributed by atoms with Crippen LogP contribution in [0.5, 0.6) is 5.75 Å². The molecule has 4 nitrogen and oxygen atoms in total. The Bertz CT molecular complexity index is 497. The fourth-order valence-corrected chi connectivity index (χ4v) is 3.29. The molecular weight excluding hydrogens is 286 g/mol. The number of methoxy groups -OCH3 is 1. The molecule has 0 saturated carbocycles. The average Bonchev–Trinajstić information content (AvgIpc) is 2.48. The predicted molar refractivity (Wildman–Crippen MR) is 87.7 cm³/mol. The van der Waals surface area contributed by atoms with E-state index < -0.39 is 9.84 Å². The Kier molecular flexibility index (Phi) is 7.75. The highest BCUT2D eigenvalue weighted by Crippen LogP contribution is 2.17. The van der Waals surface area contributed by atoms with Gasteiger partial charge in [0.05, 0.1) is 12.9 Å². The lowest BCUT2D eigenvalue weighted by molar-refractivity contribution is 0.414. The number of benzene rings is 1. The van der Waals surface area contributed by atoms with Gasteiger partial charge in [0, 0.05) is 5.75 Å². The maximum absolute atomic E-state index is 11.5. The van der Waals surface area contributed by atoms with Crippen molar-refractivity contribution in [3.05, 3.63) is 29.8 Å². The van der Waals surface area contributed by atoms with E-state index in [1.165, 1.54) is 5.56 Å². The molecule has 0 bridgehead atoms. The van der Waals surface area contributed by atoms with E-state index in [9.17, 15) is 8.42 Å². The molecule has 0 fully saturated rings. The smallest absolute Gasteiger partial charge is 0.150 e. The number of hydrogen-bond donors (Lipinski definition) is 1. The van der Waals surface area contributed by atoms with Crippen LogP contribution in [0, 0.1) is 5.92 Å². The lowest BCUT2D eigenvalue weighted by Crippen LogP contribution is -2.22. The molecule has 1 unspecified atom stereocenters. The first-order valence-corrected chi connectivity index (χ1v) is 9.30. The van der Waals surface area contributed by atoms with Crippen molar-refractivity contribution in [2.24, 2.45) is 5.92 Å². The van der Waals surface area contributed by atoms with Crippen LogP contribution >= 0.6 is 0 Å². The summed E-state index contributed by atoms with van der Waals surface area (Å²) in [6.07, 6.45) is 2.61. The zero-order valence-corrected chi connectivity index (χ0v) is 14.1. The minimum absolute atomic E-state index is 0.238. The van der Waals surface area contributed by atoms with Crippen molar-refractivity contribution in [3.8, 4) is 5.75 Å². The van der Waals surface area contributed by atoms with Crippen LogP contribution in [0.3, 0.4) is 0 Å². The standard InChI is InChI=1S/C16H27NO3S/c1-4-21(18,19)11-5-6-15(13-17-2)12-14-7-9-16(20-3)10-8-14/h7-10,15,17H,4-6,11-13H2,1-3H3. The largest absolute Gasteiger partial charge is 0.497 e. The van der Waals surface area contributed by atoms with Gasteiger partial charge in [-0.3, -0.25) is 0 Å². The Morgan fingerprint density at radius 2 is 1.90 bits per heavy atom. The van der Waals surface area contributed by atoms with Crippen molar-refractivity contribution in [1.82, 2.24) is 5.32 Å². The van der Waals surface area contributed by atoms with Gasteiger partial charge in [-0.05, 0) is 56.5 Å². The quantitative estimate of drug-likeness (QED) is 0.720. The van der Waals surface area contributed by atoms with Crippen molar-refractivity contribution in [3.63, 3.8) is 0 Å². The average molecular weight is 313 g/mol. The van der Waals surface area contributed by atoms with Crippen LogP contribution in [0.15, 0.2) is 24.3 Å². The summed E-state index contributed by atoms with van der Waals surface area (Å²) in [6, 6.07) is 8.08. The third kappa shape index (κ3) is 6.96. The summed E-state index contributed by atoms with van der Waals surface area (Å²) in [6.45, 7) is 2.61. The Morgan fingerprint density at radius 1 is 1.24 bits per heavy atom. The first kappa shape index (κ1) is 18.0. The van der Waals surface area contributed by atoms with Gasteiger partial charge in [-0.2, -0.15) is 0 Å². The van der Waals surface area contributed by atoms with Gasteiger partial charge >= 0.3 is 0 Å². The molecule has 0 aliphatic heterocycles. The van der Waals surface area contributed by atoms with E-state index in [0.717, 1.165) is 31.6 Å². The molecule has 1 rings (SSSR count). The SMILES string of the molecule is CCS(=O)(=O)CCCC(CNC)Cc1ccc(OC)cc1. The second-order valence-electron chi connectivity index (χ2n) is 5.35. The second kappa shape index (κ2) is 9.05. The minimum Gasteiger partial charge on any atom is -0.497 e. The third-order valence-electron chi connectivity index (χ3n) is 3.68. The van der Waals surface area contributed by atoms with E-state index in [-0.39, 0.29) is 5.75 Å². The van der Waals surface area contributed by atoms with Gasteiger partial charge in [-0.25, -0.2) is 8.42 Å². The molecule has 1 N–H and O–H groups in total. The second-order valence-corrected chi connectivity index (χ2v) is 7.83. The molecule has 1 aromatic rings. The van der Waals surface area contributed by atoms with Crippen molar-refractivity contribution in [2.75, 3.05) is 32.2 Å². The van der Waals surface area contributed by atoms with Crippen molar-refractivity contribution in [1.29, 1.82) is 0 Å². The predicted octanol–water partition coefficient (Wildman–Crippen LogP) is 2.29. The molecule has 0 aliphatic carbocycles. The zero-order chi connectivity index (χ0) is 15.7. The van der Waals surface area contributed by atoms with Gasteiger partial charge in [0.15, 0.2) is 0 Å². The molecule has 0 heterocycles. The maximum Gasteiger partial charge on any atom is 0.150 e. The van der Waals surface area contributed by atoms with Crippen LogP contribution < -0.4 is 10.1 Å². The molecule has 0 amide bonds. The lowest BCUT2D eigenvalue weighted by Gasteiger charge is -2.16. The fourth-order valence-electron chi connectivity index (χ4n) is 2.40. The molecule has 21 heavy (non-hydrogen) atoms. The van der Waals surface area contributed by atoms with Gasteiger partial charge < -0.3 is 10.1 Å². The molecule has 5 heteroatoms. The van der Waals surface area contributed by atoms with Gasteiger partial charge in [-0.1, -0.05) is 19.1 Å². The van der Waals surface area contributed by atoms with Crippen molar-refractivity contribution in [2.45, 2.75) is 26.2 Å². The first-order chi connectivity index (χ1) is 10.0. The van der Waals surface area contributed by atoms with E-state index in [4.69, 9.17) is 4.74 Å². The molecule has 0 radical (unpaired) electrons. The van der Waals surface area contributed by atoms with E-state index >= 15 is 0 Å². The normalized spacial score (nSPS) is 13.1. The summed E-state index contributed by atoms with van der Waals surface area (Å²) in [5, 5.41) is 3.20. The van der Waals surface area contributed by atoms with Crippen LogP contribution in [0.25, 0.3) is 0 Å². The highest BCUT2D eigenvalue weighted by atomic mass is 32.2. The van der Waals surface area contributed by atoms with Gasteiger partial charge in [-0.15, -0.1) is 0 Å². The first-order valence-electron chi connectivity index (χ1n) is 7.48. The molecule has 0 saturated heterocycles. The van der Waals surface area contributed by atoms with Crippen molar-refractivity contribution >= 4 is 9.84 Å². The third-order valence-corrected chi connectivity index (χ3v) is 5.47. The molecule has 0 spiro atoms. The van der Waals surface area contributed by atoms with Crippen LogP contribution in [-0.2, 0) is 16.3 Å². The minimum atomic E-state index is -2.85. The fraction of sp³-hybridized carbons (Fsp3) is 0.625. The van der Waals surface area contributed by atoms with E-state index in [0.29, 0.717) is 11.7 Å². The van der Waals surface area contributed by atoms with Gasteiger partial charge in [0.25, 0.3) is 0 Å². The summed E-state index contributed by atoms with van der Waals surface area (Å²) in [7, 11) is 0.745. The molecule has 1 aromatic carbocycles. The molecule has 120 valence electrons. The number of nitrogens with one attached hydrogen (secondary N) is 1. The van der Waals surface area contributed by atoms with Crippen molar-refractivity contribution < 1.29 is 13.2 Å². The Morgan fingerprint density at radius 3 is 2.43 bits per heavy atom. The summed E-state index contributed by atoms with van der Waals surface area (Å²) in [5.41, 5.74) is 1.26. The molecule has 1 atom stereocenters. The van der Waals surface area contributed by atoms with Crippen LogP contribution in [0.4, 0.5) is 0 Å². The Labute approximate surface area is 128 Å². The summed E-state index contributed by atoms with van der Waals surface area (Å²) in [5.74, 6) is 1.85. The highest BCUT2D eigenvalue weighted by molar-refractivity contribution is 7.91. The lowest BCUT2D eigenvalue weighted by atomic mass is 9.95. The number of rotatable bonds is 10. The topological polar surface area (TPSA) is 55.4 Å². The van der Waals surface area contributed by atoms with E-state index in [1.807, 2.05) is 19.2 Å². The van der Waals surface area contributed by atoms with E-state index in [1.54, 1.807) is 14.0 Å². The van der Waals surface area contributed by atoms with Crippen LogP contribution in [0.1, 0.15) is 25.3 Å². The zero-order valence-electron chi connectivity index (χ0n) is 13.3. The monoisotopic (exact) mass is 313 g/mol. The highest BCUT2D eigenvalue weighted by Gasteiger charge is 2.12. The van der Waals surface area contributed by atoms with Crippen LogP contribution in [0.2, 0.25) is 0 Å². The summed E-state index contributed by atoms with van der Waals surface area (Å²) < 4.78 is 28.2. The van der Waals surface area contributed by atoms with Crippen LogP contribution in [-0.4, -0.2) is 40.6 Å². The van der Waals surface area contributed by atoms with E-state index in [2.05, 4.69) is 17.4 Å². The molecule has 0 aliphatic rings. The number of hydrogen-bond acceptors (Lipinski definition) is 4.